The van der Waals surface area contributed by atoms with Crippen LogP contribution in [0.2, 0.25) is 0 Å². The van der Waals surface area contributed by atoms with Crippen molar-refractivity contribution in [2.24, 2.45) is 0 Å². The maximum atomic E-state index is 12.5. The lowest BCUT2D eigenvalue weighted by Crippen LogP contribution is -2.16. The van der Waals surface area contributed by atoms with Crippen molar-refractivity contribution in [2.75, 3.05) is 12.4 Å². The Morgan fingerprint density at radius 2 is 2.04 bits per heavy atom. The Morgan fingerprint density at radius 3 is 2.80 bits per heavy atom. The van der Waals surface area contributed by atoms with Gasteiger partial charge >= 0.3 is 0 Å². The van der Waals surface area contributed by atoms with E-state index in [9.17, 15) is 4.79 Å². The highest BCUT2D eigenvalue weighted by Crippen LogP contribution is 2.21. The summed E-state index contributed by atoms with van der Waals surface area (Å²) < 4.78 is 8.04. The second-order valence-corrected chi connectivity index (χ2v) is 6.46. The van der Waals surface area contributed by atoms with E-state index in [0.29, 0.717) is 23.7 Å². The van der Waals surface area contributed by atoms with E-state index in [4.69, 9.17) is 4.74 Å². The molecule has 0 aliphatic carbocycles. The Bertz CT molecular complexity index is 905. The summed E-state index contributed by atoms with van der Waals surface area (Å²) in [4.78, 5) is 12.5. The van der Waals surface area contributed by atoms with Gasteiger partial charge in [-0.25, -0.2) is 4.68 Å². The van der Waals surface area contributed by atoms with Gasteiger partial charge in [-0.3, -0.25) is 4.79 Å². The average Bonchev–Trinajstić information content (AvgIpc) is 3.04. The molecule has 0 bridgehead atoms. The molecule has 1 amide bonds. The number of aryl methyl sites for hydroxylation is 1. The number of rotatable bonds is 5. The molecule has 6 heteroatoms. The summed E-state index contributed by atoms with van der Waals surface area (Å²) in [6.07, 6.45) is 1.67. The lowest BCUT2D eigenvalue weighted by molar-refractivity contribution is 0.102. The zero-order valence-corrected chi connectivity index (χ0v) is 15.6. The van der Waals surface area contributed by atoms with Gasteiger partial charge in [-0.05, 0) is 36.2 Å². The number of methoxy groups -OCH3 is 1. The van der Waals surface area contributed by atoms with E-state index in [2.05, 4.69) is 26.3 Å². The molecular weight excluding hydrogens is 382 g/mol. The van der Waals surface area contributed by atoms with Crippen molar-refractivity contribution in [3.05, 3.63) is 75.9 Å². The summed E-state index contributed by atoms with van der Waals surface area (Å²) in [5.41, 5.74) is 2.60. The van der Waals surface area contributed by atoms with Crippen LogP contribution in [-0.4, -0.2) is 22.8 Å². The van der Waals surface area contributed by atoms with Crippen molar-refractivity contribution in [3.8, 4) is 5.75 Å². The van der Waals surface area contributed by atoms with E-state index in [1.165, 1.54) is 0 Å². The van der Waals surface area contributed by atoms with Crippen molar-refractivity contribution in [2.45, 2.75) is 13.5 Å². The number of nitrogens with zero attached hydrogens (tertiary/aromatic N) is 2. The summed E-state index contributed by atoms with van der Waals surface area (Å²) >= 11 is 3.53. The number of ether oxygens (including phenoxy) is 1. The van der Waals surface area contributed by atoms with E-state index in [1.54, 1.807) is 36.2 Å². The second-order valence-electron chi connectivity index (χ2n) is 5.60. The van der Waals surface area contributed by atoms with Crippen LogP contribution in [0, 0.1) is 6.92 Å². The second kappa shape index (κ2) is 7.53. The number of anilines is 1. The molecule has 0 radical (unpaired) electrons. The van der Waals surface area contributed by atoms with Gasteiger partial charge in [-0.2, -0.15) is 5.10 Å². The van der Waals surface area contributed by atoms with E-state index >= 15 is 0 Å². The van der Waals surface area contributed by atoms with E-state index in [-0.39, 0.29) is 5.91 Å². The minimum Gasteiger partial charge on any atom is -0.496 e. The maximum absolute atomic E-state index is 12.5. The van der Waals surface area contributed by atoms with Gasteiger partial charge in [0.05, 0.1) is 19.9 Å². The van der Waals surface area contributed by atoms with Crippen LogP contribution in [0.3, 0.4) is 0 Å². The SMILES string of the molecule is COc1cc(C(=O)Nc2ccnn2Cc2ccccc2Br)ccc1C. The molecule has 25 heavy (non-hydrogen) atoms. The van der Waals surface area contributed by atoms with Crippen LogP contribution in [0.5, 0.6) is 5.75 Å². The highest BCUT2D eigenvalue weighted by molar-refractivity contribution is 9.10. The first kappa shape index (κ1) is 17.2. The number of hydrogen-bond donors (Lipinski definition) is 1. The topological polar surface area (TPSA) is 56.1 Å². The Morgan fingerprint density at radius 1 is 1.24 bits per heavy atom. The molecule has 0 fully saturated rings. The molecule has 5 nitrogen and oxygen atoms in total. The van der Waals surface area contributed by atoms with Crippen LogP contribution >= 0.6 is 15.9 Å². The van der Waals surface area contributed by atoms with Crippen molar-refractivity contribution in [1.29, 1.82) is 0 Å². The fourth-order valence-corrected chi connectivity index (χ4v) is 2.91. The lowest BCUT2D eigenvalue weighted by atomic mass is 10.1. The summed E-state index contributed by atoms with van der Waals surface area (Å²) in [5.74, 6) is 1.13. The molecule has 3 rings (SSSR count). The van der Waals surface area contributed by atoms with E-state index in [0.717, 1.165) is 15.6 Å². The Balaban J connectivity index is 1.79. The van der Waals surface area contributed by atoms with E-state index < -0.39 is 0 Å². The quantitative estimate of drug-likeness (QED) is 0.696. The van der Waals surface area contributed by atoms with Crippen LogP contribution in [0.4, 0.5) is 5.82 Å². The Kier molecular flexibility index (Phi) is 5.19. The molecule has 2 aromatic carbocycles. The first-order valence-corrected chi connectivity index (χ1v) is 8.59. The molecule has 0 saturated carbocycles. The van der Waals surface area contributed by atoms with E-state index in [1.807, 2.05) is 37.3 Å². The molecule has 0 aliphatic heterocycles. The van der Waals surface area contributed by atoms with Gasteiger partial charge in [0, 0.05) is 16.1 Å². The van der Waals surface area contributed by atoms with Gasteiger partial charge in [0.2, 0.25) is 0 Å². The number of hydrogen-bond acceptors (Lipinski definition) is 3. The van der Waals surface area contributed by atoms with Gasteiger partial charge in [-0.15, -0.1) is 0 Å². The first-order chi connectivity index (χ1) is 12.1. The highest BCUT2D eigenvalue weighted by Gasteiger charge is 2.12. The van der Waals surface area contributed by atoms with Gasteiger partial charge in [-0.1, -0.05) is 40.2 Å². The van der Waals surface area contributed by atoms with Crippen molar-refractivity contribution >= 4 is 27.7 Å². The summed E-state index contributed by atoms with van der Waals surface area (Å²) in [5, 5.41) is 7.21. The number of carbonyl (C=O) groups is 1. The molecule has 0 atom stereocenters. The fraction of sp³-hybridized carbons (Fsp3) is 0.158. The third-order valence-corrected chi connectivity index (χ3v) is 4.68. The van der Waals surface area contributed by atoms with Gasteiger partial charge < -0.3 is 10.1 Å². The van der Waals surface area contributed by atoms with Crippen LogP contribution in [-0.2, 0) is 6.54 Å². The Hall–Kier alpha value is -2.60. The van der Waals surface area contributed by atoms with Crippen LogP contribution in [0.25, 0.3) is 0 Å². The first-order valence-electron chi connectivity index (χ1n) is 7.79. The molecule has 1 heterocycles. The molecule has 1 N–H and O–H groups in total. The predicted molar refractivity (Wildman–Crippen MR) is 101 cm³/mol. The summed E-state index contributed by atoms with van der Waals surface area (Å²) in [7, 11) is 1.59. The third-order valence-electron chi connectivity index (χ3n) is 3.91. The van der Waals surface area contributed by atoms with Crippen molar-refractivity contribution in [3.63, 3.8) is 0 Å². The minimum absolute atomic E-state index is 0.202. The van der Waals surface area contributed by atoms with Gasteiger partial charge in [0.25, 0.3) is 5.91 Å². The third kappa shape index (κ3) is 3.91. The molecule has 0 aliphatic rings. The van der Waals surface area contributed by atoms with Crippen molar-refractivity contribution < 1.29 is 9.53 Å². The number of benzene rings is 2. The minimum atomic E-state index is -0.202. The maximum Gasteiger partial charge on any atom is 0.256 e. The highest BCUT2D eigenvalue weighted by atomic mass is 79.9. The molecular formula is C19H18BrN3O2. The van der Waals surface area contributed by atoms with Gasteiger partial charge in [0.15, 0.2) is 0 Å². The monoisotopic (exact) mass is 399 g/mol. The predicted octanol–water partition coefficient (Wildman–Crippen LogP) is 4.26. The number of amides is 1. The standard InChI is InChI=1S/C19H18BrN3O2/c1-13-7-8-14(11-17(13)25-2)19(24)22-18-9-10-21-23(18)12-15-5-3-4-6-16(15)20/h3-11H,12H2,1-2H3,(H,22,24). The van der Waals surface area contributed by atoms with Crippen LogP contribution in [0.1, 0.15) is 21.5 Å². The normalized spacial score (nSPS) is 10.5. The van der Waals surface area contributed by atoms with Crippen molar-refractivity contribution in [1.82, 2.24) is 9.78 Å². The van der Waals surface area contributed by atoms with Crippen LogP contribution < -0.4 is 10.1 Å². The number of carbonyl (C=O) groups excluding carboxylic acids is 1. The zero-order valence-electron chi connectivity index (χ0n) is 14.0. The average molecular weight is 400 g/mol. The largest absolute Gasteiger partial charge is 0.496 e. The molecule has 0 spiro atoms. The Labute approximate surface area is 154 Å². The molecule has 1 aromatic heterocycles. The number of aromatic nitrogens is 2. The number of nitrogens with one attached hydrogen (secondary N) is 1. The zero-order chi connectivity index (χ0) is 17.8. The summed E-state index contributed by atoms with van der Waals surface area (Å²) in [6.45, 7) is 2.49. The van der Waals surface area contributed by atoms with Crippen LogP contribution in [0.15, 0.2) is 59.2 Å². The molecule has 3 aromatic rings. The smallest absolute Gasteiger partial charge is 0.256 e. The lowest BCUT2D eigenvalue weighted by Gasteiger charge is -2.11. The molecule has 128 valence electrons. The summed E-state index contributed by atoms with van der Waals surface area (Å²) in [6, 6.07) is 15.1. The molecule has 0 saturated heterocycles. The molecule has 0 unspecified atom stereocenters. The number of halogens is 1. The van der Waals surface area contributed by atoms with Gasteiger partial charge in [0.1, 0.15) is 11.6 Å². The fourth-order valence-electron chi connectivity index (χ4n) is 2.50.